The quantitative estimate of drug-likeness (QED) is 0.612. The van der Waals surface area contributed by atoms with Gasteiger partial charge in [0.05, 0.1) is 30.1 Å². The molecule has 0 saturated carbocycles. The molecule has 0 fully saturated rings. The van der Waals surface area contributed by atoms with Crippen LogP contribution in [0.4, 0.5) is 5.69 Å². The fraction of sp³-hybridized carbons (Fsp3) is 0.562. The molecule has 0 aromatic heterocycles. The van der Waals surface area contributed by atoms with Crippen LogP contribution in [-0.4, -0.2) is 18.2 Å². The molecule has 1 aromatic rings. The zero-order valence-electron chi connectivity index (χ0n) is 12.9. The van der Waals surface area contributed by atoms with E-state index in [9.17, 15) is 4.79 Å². The van der Waals surface area contributed by atoms with Crippen LogP contribution in [-0.2, 0) is 16.1 Å². The van der Waals surface area contributed by atoms with Gasteiger partial charge >= 0.3 is 5.97 Å². The van der Waals surface area contributed by atoms with Crippen molar-refractivity contribution in [2.24, 2.45) is 0 Å². The van der Waals surface area contributed by atoms with E-state index in [1.54, 1.807) is 12.1 Å². The molecule has 0 aliphatic heterocycles. The fourth-order valence-corrected chi connectivity index (χ4v) is 1.56. The Morgan fingerprint density at radius 1 is 1.30 bits per heavy atom. The molecule has 0 bridgehead atoms. The predicted octanol–water partition coefficient (Wildman–Crippen LogP) is 3.54. The van der Waals surface area contributed by atoms with Crippen molar-refractivity contribution >= 4 is 11.7 Å². The summed E-state index contributed by atoms with van der Waals surface area (Å²) in [5, 5.41) is 0. The highest BCUT2D eigenvalue weighted by molar-refractivity contribution is 5.95. The average molecular weight is 279 g/mol. The van der Waals surface area contributed by atoms with Gasteiger partial charge in [0.25, 0.3) is 0 Å². The number of carbonyl (C=O) groups excluding carboxylic acids is 1. The van der Waals surface area contributed by atoms with Crippen molar-refractivity contribution in [3.63, 3.8) is 0 Å². The van der Waals surface area contributed by atoms with Gasteiger partial charge in [-0.1, -0.05) is 26.0 Å². The SMILES string of the molecule is CCCOC(=O)c1cccc(COC(C)(C)CC)c1N. The Bertz CT molecular complexity index is 455. The first-order valence-electron chi connectivity index (χ1n) is 7.09. The molecule has 4 nitrogen and oxygen atoms in total. The van der Waals surface area contributed by atoms with Gasteiger partial charge in [-0.15, -0.1) is 0 Å². The van der Waals surface area contributed by atoms with E-state index in [0.29, 0.717) is 24.5 Å². The van der Waals surface area contributed by atoms with Gasteiger partial charge in [-0.25, -0.2) is 4.79 Å². The van der Waals surface area contributed by atoms with Gasteiger partial charge in [-0.05, 0) is 32.8 Å². The second-order valence-corrected chi connectivity index (χ2v) is 5.42. The third-order valence-electron chi connectivity index (χ3n) is 3.32. The summed E-state index contributed by atoms with van der Waals surface area (Å²) in [5.74, 6) is -0.374. The molecule has 1 aromatic carbocycles. The highest BCUT2D eigenvalue weighted by Crippen LogP contribution is 2.23. The highest BCUT2D eigenvalue weighted by Gasteiger charge is 2.18. The minimum Gasteiger partial charge on any atom is -0.462 e. The second kappa shape index (κ2) is 7.29. The third-order valence-corrected chi connectivity index (χ3v) is 3.32. The Kier molecular flexibility index (Phi) is 6.02. The Hall–Kier alpha value is -1.55. The number of hydrogen-bond acceptors (Lipinski definition) is 4. The van der Waals surface area contributed by atoms with Gasteiger partial charge < -0.3 is 15.2 Å². The van der Waals surface area contributed by atoms with Crippen molar-refractivity contribution in [1.29, 1.82) is 0 Å². The van der Waals surface area contributed by atoms with Crippen LogP contribution in [0, 0.1) is 0 Å². The van der Waals surface area contributed by atoms with Crippen LogP contribution in [0.5, 0.6) is 0 Å². The summed E-state index contributed by atoms with van der Waals surface area (Å²) in [5.41, 5.74) is 7.52. The predicted molar refractivity (Wildman–Crippen MR) is 80.6 cm³/mol. The third kappa shape index (κ3) is 4.53. The number of para-hydroxylation sites is 1. The lowest BCUT2D eigenvalue weighted by Gasteiger charge is -2.24. The molecule has 0 spiro atoms. The number of esters is 1. The molecule has 0 aliphatic rings. The van der Waals surface area contributed by atoms with Crippen molar-refractivity contribution in [1.82, 2.24) is 0 Å². The molecule has 0 aliphatic carbocycles. The van der Waals surface area contributed by atoms with Gasteiger partial charge in [-0.3, -0.25) is 0 Å². The molecule has 1 rings (SSSR count). The summed E-state index contributed by atoms with van der Waals surface area (Å²) in [6.45, 7) is 8.88. The van der Waals surface area contributed by atoms with Crippen LogP contribution >= 0.6 is 0 Å². The first-order chi connectivity index (χ1) is 9.41. The van der Waals surface area contributed by atoms with Gasteiger partial charge in [0.2, 0.25) is 0 Å². The number of benzene rings is 1. The Morgan fingerprint density at radius 3 is 2.60 bits per heavy atom. The molecule has 112 valence electrons. The standard InChI is InChI=1S/C16H25NO3/c1-5-10-19-15(18)13-9-7-8-12(14(13)17)11-20-16(3,4)6-2/h7-9H,5-6,10-11,17H2,1-4H3. The Morgan fingerprint density at radius 2 is 2.00 bits per heavy atom. The van der Waals surface area contributed by atoms with E-state index in [4.69, 9.17) is 15.2 Å². The van der Waals surface area contributed by atoms with E-state index in [0.717, 1.165) is 18.4 Å². The monoisotopic (exact) mass is 279 g/mol. The van der Waals surface area contributed by atoms with Crippen LogP contribution in [0.15, 0.2) is 18.2 Å². The van der Waals surface area contributed by atoms with Crippen LogP contribution in [0.2, 0.25) is 0 Å². The average Bonchev–Trinajstić information content (AvgIpc) is 2.43. The summed E-state index contributed by atoms with van der Waals surface area (Å²) in [7, 11) is 0. The molecule has 2 N–H and O–H groups in total. The number of rotatable bonds is 7. The van der Waals surface area contributed by atoms with Crippen molar-refractivity contribution in [3.8, 4) is 0 Å². The van der Waals surface area contributed by atoms with E-state index >= 15 is 0 Å². The zero-order chi connectivity index (χ0) is 15.2. The fourth-order valence-electron chi connectivity index (χ4n) is 1.56. The maximum absolute atomic E-state index is 11.9. The summed E-state index contributed by atoms with van der Waals surface area (Å²) in [6.07, 6.45) is 1.70. The van der Waals surface area contributed by atoms with E-state index in [-0.39, 0.29) is 11.6 Å². The van der Waals surface area contributed by atoms with Gasteiger partial charge in [0.15, 0.2) is 0 Å². The summed E-state index contributed by atoms with van der Waals surface area (Å²) in [6, 6.07) is 5.36. The zero-order valence-corrected chi connectivity index (χ0v) is 12.9. The van der Waals surface area contributed by atoms with Crippen molar-refractivity contribution in [2.45, 2.75) is 52.7 Å². The lowest BCUT2D eigenvalue weighted by atomic mass is 10.1. The minimum atomic E-state index is -0.374. The molecule has 0 unspecified atom stereocenters. The van der Waals surface area contributed by atoms with Gasteiger partial charge in [0, 0.05) is 5.56 Å². The minimum absolute atomic E-state index is 0.203. The van der Waals surface area contributed by atoms with Gasteiger partial charge in [0.1, 0.15) is 0 Å². The molecular formula is C16H25NO3. The molecule has 0 heterocycles. The van der Waals surface area contributed by atoms with Crippen molar-refractivity contribution in [3.05, 3.63) is 29.3 Å². The lowest BCUT2D eigenvalue weighted by molar-refractivity contribution is -0.0313. The van der Waals surface area contributed by atoms with E-state index in [1.807, 2.05) is 26.8 Å². The smallest absolute Gasteiger partial charge is 0.340 e. The van der Waals surface area contributed by atoms with Crippen molar-refractivity contribution < 1.29 is 14.3 Å². The molecule has 0 radical (unpaired) electrons. The number of nitrogen functional groups attached to an aromatic ring is 1. The molecule has 20 heavy (non-hydrogen) atoms. The van der Waals surface area contributed by atoms with E-state index < -0.39 is 0 Å². The van der Waals surface area contributed by atoms with Crippen LogP contribution in [0.1, 0.15) is 56.5 Å². The molecule has 0 atom stereocenters. The van der Waals surface area contributed by atoms with Crippen LogP contribution in [0.25, 0.3) is 0 Å². The number of ether oxygens (including phenoxy) is 2. The topological polar surface area (TPSA) is 61.5 Å². The number of anilines is 1. The van der Waals surface area contributed by atoms with Crippen molar-refractivity contribution in [2.75, 3.05) is 12.3 Å². The number of carbonyl (C=O) groups is 1. The number of nitrogens with two attached hydrogens (primary N) is 1. The van der Waals surface area contributed by atoms with E-state index in [1.165, 1.54) is 0 Å². The van der Waals surface area contributed by atoms with Crippen LogP contribution < -0.4 is 5.73 Å². The molecule has 0 saturated heterocycles. The first-order valence-corrected chi connectivity index (χ1v) is 7.09. The maximum atomic E-state index is 11.9. The lowest BCUT2D eigenvalue weighted by Crippen LogP contribution is -2.23. The normalized spacial score (nSPS) is 11.4. The number of hydrogen-bond donors (Lipinski definition) is 1. The van der Waals surface area contributed by atoms with E-state index in [2.05, 4.69) is 6.92 Å². The molecule has 0 amide bonds. The highest BCUT2D eigenvalue weighted by atomic mass is 16.5. The maximum Gasteiger partial charge on any atom is 0.340 e. The second-order valence-electron chi connectivity index (χ2n) is 5.42. The first kappa shape index (κ1) is 16.5. The summed E-state index contributed by atoms with van der Waals surface area (Å²) in [4.78, 5) is 11.9. The summed E-state index contributed by atoms with van der Waals surface area (Å²) < 4.78 is 10.9. The summed E-state index contributed by atoms with van der Waals surface area (Å²) >= 11 is 0. The largest absolute Gasteiger partial charge is 0.462 e. The Balaban J connectivity index is 2.82. The molecule has 4 heteroatoms. The van der Waals surface area contributed by atoms with Gasteiger partial charge in [-0.2, -0.15) is 0 Å². The Labute approximate surface area is 121 Å². The van der Waals surface area contributed by atoms with Crippen LogP contribution in [0.3, 0.4) is 0 Å². The molecular weight excluding hydrogens is 254 g/mol.